The van der Waals surface area contributed by atoms with Crippen molar-refractivity contribution in [3.8, 4) is 0 Å². The fourth-order valence-corrected chi connectivity index (χ4v) is 2.59. The van der Waals surface area contributed by atoms with E-state index in [0.29, 0.717) is 6.07 Å². The monoisotopic (exact) mass is 296 g/mol. The lowest BCUT2D eigenvalue weighted by molar-refractivity contribution is 0.0694. The van der Waals surface area contributed by atoms with Crippen molar-refractivity contribution < 1.29 is 23.8 Å². The second-order valence-electron chi connectivity index (χ2n) is 4.69. The van der Waals surface area contributed by atoms with Crippen LogP contribution in [0.1, 0.15) is 15.9 Å². The van der Waals surface area contributed by atoms with Crippen LogP contribution in [-0.4, -0.2) is 34.1 Å². The molecule has 1 aliphatic rings. The molecule has 0 saturated carbocycles. The Morgan fingerprint density at radius 2 is 2.10 bits per heavy atom. The summed E-state index contributed by atoms with van der Waals surface area (Å²) < 4.78 is 28.7. The van der Waals surface area contributed by atoms with Crippen LogP contribution in [0, 0.1) is 11.6 Å². The fourth-order valence-electron chi connectivity index (χ4n) is 2.59. The number of benzene rings is 1. The Labute approximate surface area is 116 Å². The minimum Gasteiger partial charge on any atom is -0.477 e. The maximum atomic E-state index is 13.9. The number of aromatic carboxylic acids is 1. The van der Waals surface area contributed by atoms with E-state index >= 15 is 0 Å². The zero-order valence-electron chi connectivity index (χ0n) is 10.6. The first kappa shape index (κ1) is 13.5. The Hall–Kier alpha value is -2.48. The van der Waals surface area contributed by atoms with Gasteiger partial charge in [-0.3, -0.25) is 14.5 Å². The number of pyridine rings is 1. The predicted octanol–water partition coefficient (Wildman–Crippen LogP) is 0.422. The molecule has 0 spiro atoms. The molecule has 0 saturated heterocycles. The van der Waals surface area contributed by atoms with Crippen molar-refractivity contribution in [1.82, 2.24) is 4.68 Å². The molecule has 0 amide bonds. The van der Waals surface area contributed by atoms with E-state index < -0.39 is 35.3 Å². The normalized spacial score (nSPS) is 13.8. The molecule has 2 N–H and O–H groups in total. The number of hydrogen-bond acceptors (Lipinski definition) is 4. The molecule has 3 rings (SSSR count). The van der Waals surface area contributed by atoms with E-state index in [1.807, 2.05) is 0 Å². The van der Waals surface area contributed by atoms with Crippen molar-refractivity contribution in [3.05, 3.63) is 45.2 Å². The summed E-state index contributed by atoms with van der Waals surface area (Å²) >= 11 is 0. The molecule has 2 heterocycles. The topological polar surface area (TPSA) is 82.8 Å². The van der Waals surface area contributed by atoms with Crippen molar-refractivity contribution in [1.29, 1.82) is 0 Å². The second-order valence-corrected chi connectivity index (χ2v) is 4.69. The molecular weight excluding hydrogens is 286 g/mol. The van der Waals surface area contributed by atoms with Crippen LogP contribution in [0.2, 0.25) is 0 Å². The van der Waals surface area contributed by atoms with Crippen LogP contribution in [0.3, 0.4) is 0 Å². The van der Waals surface area contributed by atoms with Crippen LogP contribution < -0.4 is 10.4 Å². The van der Waals surface area contributed by atoms with Crippen molar-refractivity contribution in [2.75, 3.05) is 18.3 Å². The number of aliphatic hydroxyl groups excluding tert-OH is 1. The highest BCUT2D eigenvalue weighted by Crippen LogP contribution is 2.26. The summed E-state index contributed by atoms with van der Waals surface area (Å²) in [6.07, 6.45) is 1.12. The fraction of sp³-hybridized carbons (Fsp3) is 0.231. The molecule has 110 valence electrons. The van der Waals surface area contributed by atoms with E-state index in [9.17, 15) is 23.5 Å². The van der Waals surface area contributed by atoms with Crippen LogP contribution in [0.25, 0.3) is 10.9 Å². The van der Waals surface area contributed by atoms with Gasteiger partial charge in [0.25, 0.3) is 0 Å². The van der Waals surface area contributed by atoms with Gasteiger partial charge in [0.15, 0.2) is 11.6 Å². The number of aliphatic hydroxyl groups is 1. The molecule has 21 heavy (non-hydrogen) atoms. The van der Waals surface area contributed by atoms with Gasteiger partial charge in [-0.05, 0) is 12.5 Å². The maximum Gasteiger partial charge on any atom is 0.341 e. The first-order valence-corrected chi connectivity index (χ1v) is 6.11. The number of aromatic nitrogens is 1. The number of nitrogens with zero attached hydrogens (tertiary/aromatic N) is 2. The summed E-state index contributed by atoms with van der Waals surface area (Å²) in [6, 6.07) is 0.695. The Morgan fingerprint density at radius 3 is 2.71 bits per heavy atom. The van der Waals surface area contributed by atoms with E-state index in [4.69, 9.17) is 5.11 Å². The Kier molecular flexibility index (Phi) is 2.91. The summed E-state index contributed by atoms with van der Waals surface area (Å²) in [5, 5.41) is 19.5. The van der Waals surface area contributed by atoms with Gasteiger partial charge in [0.1, 0.15) is 12.3 Å². The first-order chi connectivity index (χ1) is 9.95. The molecule has 0 aliphatic carbocycles. The van der Waals surface area contributed by atoms with Gasteiger partial charge in [-0.2, -0.15) is 0 Å². The number of carbonyl (C=O) groups is 1. The average Bonchev–Trinajstić information content (AvgIpc) is 2.46. The smallest absolute Gasteiger partial charge is 0.341 e. The molecular formula is C13H10F2N2O4. The lowest BCUT2D eigenvalue weighted by atomic mass is 10.0. The molecule has 0 bridgehead atoms. The van der Waals surface area contributed by atoms with Crippen molar-refractivity contribution in [2.45, 2.75) is 6.42 Å². The molecule has 1 aromatic carbocycles. The van der Waals surface area contributed by atoms with Gasteiger partial charge in [0.05, 0.1) is 10.9 Å². The lowest BCUT2D eigenvalue weighted by Crippen LogP contribution is -2.42. The number of halogens is 2. The molecule has 0 atom stereocenters. The minimum absolute atomic E-state index is 0.00346. The standard InChI is InChI=1S/C13H10F2N2O4/c14-9-3-7-11-6(10(9)15)1-2-16(5-18)17(11)4-8(12(7)19)13(20)21/h3-4,18H,1-2,5H2,(H,20,21). The largest absolute Gasteiger partial charge is 0.477 e. The molecule has 6 nitrogen and oxygen atoms in total. The van der Waals surface area contributed by atoms with Crippen molar-refractivity contribution >= 4 is 16.9 Å². The number of carboxylic acids is 1. The van der Waals surface area contributed by atoms with Crippen LogP contribution in [0.5, 0.6) is 0 Å². The highest BCUT2D eigenvalue weighted by Gasteiger charge is 2.26. The highest BCUT2D eigenvalue weighted by molar-refractivity contribution is 5.93. The second kappa shape index (κ2) is 4.52. The van der Waals surface area contributed by atoms with Crippen molar-refractivity contribution in [2.24, 2.45) is 0 Å². The first-order valence-electron chi connectivity index (χ1n) is 6.11. The molecule has 8 heteroatoms. The van der Waals surface area contributed by atoms with Gasteiger partial charge in [0, 0.05) is 18.3 Å². The molecule has 0 radical (unpaired) electrons. The lowest BCUT2D eigenvalue weighted by Gasteiger charge is -2.32. The summed E-state index contributed by atoms with van der Waals surface area (Å²) in [7, 11) is 0. The van der Waals surface area contributed by atoms with E-state index in [2.05, 4.69) is 0 Å². The molecule has 0 unspecified atom stereocenters. The molecule has 0 fully saturated rings. The van der Waals surface area contributed by atoms with E-state index in [-0.39, 0.29) is 29.4 Å². The third-order valence-corrected chi connectivity index (χ3v) is 3.57. The Bertz CT molecular complexity index is 831. The van der Waals surface area contributed by atoms with Gasteiger partial charge in [-0.1, -0.05) is 0 Å². The minimum atomic E-state index is -1.47. The Balaban J connectivity index is 2.53. The van der Waals surface area contributed by atoms with E-state index in [1.54, 1.807) is 0 Å². The maximum absolute atomic E-state index is 13.9. The molecule has 1 aromatic heterocycles. The third-order valence-electron chi connectivity index (χ3n) is 3.57. The van der Waals surface area contributed by atoms with Gasteiger partial charge >= 0.3 is 5.97 Å². The van der Waals surface area contributed by atoms with Crippen LogP contribution in [0.4, 0.5) is 8.78 Å². The van der Waals surface area contributed by atoms with Crippen LogP contribution in [0.15, 0.2) is 17.1 Å². The van der Waals surface area contributed by atoms with Gasteiger partial charge in [-0.25, -0.2) is 13.6 Å². The number of carboxylic acid groups (broad SMARTS) is 1. The van der Waals surface area contributed by atoms with E-state index in [1.165, 1.54) is 9.69 Å². The third kappa shape index (κ3) is 1.79. The zero-order chi connectivity index (χ0) is 15.3. The van der Waals surface area contributed by atoms with Crippen molar-refractivity contribution in [3.63, 3.8) is 0 Å². The van der Waals surface area contributed by atoms with Crippen LogP contribution >= 0.6 is 0 Å². The summed E-state index contributed by atoms with van der Waals surface area (Å²) in [5.74, 6) is -3.72. The molecule has 1 aliphatic heterocycles. The average molecular weight is 296 g/mol. The van der Waals surface area contributed by atoms with Gasteiger partial charge < -0.3 is 10.2 Å². The summed E-state index contributed by atoms with van der Waals surface area (Å²) in [6.45, 7) is -0.281. The van der Waals surface area contributed by atoms with Gasteiger partial charge in [0.2, 0.25) is 5.43 Å². The van der Waals surface area contributed by atoms with Crippen LogP contribution in [-0.2, 0) is 6.42 Å². The SMILES string of the molecule is O=C(O)c1cn2c3c(c(F)c(F)cc3c1=O)CCN2CO. The zero-order valence-corrected chi connectivity index (χ0v) is 10.6. The predicted molar refractivity (Wildman–Crippen MR) is 69.0 cm³/mol. The van der Waals surface area contributed by atoms with Gasteiger partial charge in [-0.15, -0.1) is 0 Å². The number of hydrogen-bond donors (Lipinski definition) is 2. The highest BCUT2D eigenvalue weighted by atomic mass is 19.2. The quantitative estimate of drug-likeness (QED) is 0.839. The number of rotatable bonds is 2. The summed E-state index contributed by atoms with van der Waals surface area (Å²) in [5.41, 5.74) is -1.36. The van der Waals surface area contributed by atoms with E-state index in [0.717, 1.165) is 6.20 Å². The Morgan fingerprint density at radius 1 is 1.38 bits per heavy atom. The summed E-state index contributed by atoms with van der Waals surface area (Å²) in [4.78, 5) is 23.2. The molecule has 2 aromatic rings.